The van der Waals surface area contributed by atoms with Gasteiger partial charge in [-0.1, -0.05) is 67.4 Å². The summed E-state index contributed by atoms with van der Waals surface area (Å²) in [5.74, 6) is 5.41. The molecule has 1 aromatic rings. The molecule has 0 aliphatic rings. The van der Waals surface area contributed by atoms with Gasteiger partial charge in [-0.3, -0.25) is 11.3 Å². The zero-order chi connectivity index (χ0) is 14.8. The Hall–Kier alpha value is -0.450. The van der Waals surface area contributed by atoms with Crippen molar-refractivity contribution in [1.29, 1.82) is 0 Å². The number of benzene rings is 1. The molecule has 0 amide bonds. The van der Waals surface area contributed by atoms with Crippen molar-refractivity contribution in [1.82, 2.24) is 5.43 Å². The Bertz CT molecular complexity index is 385. The fraction of sp³-hybridized carbons (Fsp3) is 0.625. The van der Waals surface area contributed by atoms with E-state index in [9.17, 15) is 4.39 Å². The van der Waals surface area contributed by atoms with Crippen LogP contribution in [0.15, 0.2) is 22.7 Å². The van der Waals surface area contributed by atoms with Gasteiger partial charge in [-0.05, 0) is 30.5 Å². The topological polar surface area (TPSA) is 38.0 Å². The van der Waals surface area contributed by atoms with Gasteiger partial charge in [0.1, 0.15) is 5.82 Å². The molecule has 1 rings (SSSR count). The largest absolute Gasteiger partial charge is 0.271 e. The van der Waals surface area contributed by atoms with E-state index in [1.807, 2.05) is 6.07 Å². The number of nitrogens with two attached hydrogens (primary N) is 1. The number of halogens is 2. The second kappa shape index (κ2) is 10.3. The minimum Gasteiger partial charge on any atom is -0.271 e. The van der Waals surface area contributed by atoms with E-state index < -0.39 is 0 Å². The van der Waals surface area contributed by atoms with Crippen molar-refractivity contribution in [3.8, 4) is 0 Å². The third-order valence-corrected chi connectivity index (χ3v) is 4.36. The lowest BCUT2D eigenvalue weighted by molar-refractivity contribution is 0.459. The smallest absolute Gasteiger partial charge is 0.124 e. The van der Waals surface area contributed by atoms with Gasteiger partial charge in [0, 0.05) is 10.5 Å². The SMILES string of the molecule is CCCCCCCCC(Cc1ccc(F)cc1Br)NN. The Morgan fingerprint density at radius 3 is 2.55 bits per heavy atom. The molecule has 0 heterocycles. The molecule has 114 valence electrons. The number of nitrogens with one attached hydrogen (secondary N) is 1. The summed E-state index contributed by atoms with van der Waals surface area (Å²) in [6.45, 7) is 2.23. The Morgan fingerprint density at radius 2 is 1.90 bits per heavy atom. The monoisotopic (exact) mass is 344 g/mol. The molecular weight excluding hydrogens is 319 g/mol. The maximum atomic E-state index is 13.0. The highest BCUT2D eigenvalue weighted by molar-refractivity contribution is 9.10. The second-order valence-electron chi connectivity index (χ2n) is 5.36. The molecule has 4 heteroatoms. The predicted octanol–water partition coefficient (Wildman–Crippen LogP) is 4.71. The maximum Gasteiger partial charge on any atom is 0.124 e. The van der Waals surface area contributed by atoms with E-state index in [2.05, 4.69) is 28.3 Å². The summed E-state index contributed by atoms with van der Waals surface area (Å²) < 4.78 is 13.9. The molecule has 20 heavy (non-hydrogen) atoms. The lowest BCUT2D eigenvalue weighted by atomic mass is 10.00. The summed E-state index contributed by atoms with van der Waals surface area (Å²) in [5.41, 5.74) is 3.98. The van der Waals surface area contributed by atoms with Crippen molar-refractivity contribution >= 4 is 15.9 Å². The van der Waals surface area contributed by atoms with Crippen LogP contribution in [0.2, 0.25) is 0 Å². The second-order valence-corrected chi connectivity index (χ2v) is 6.21. The molecule has 2 nitrogen and oxygen atoms in total. The van der Waals surface area contributed by atoms with Crippen LogP contribution in [0.4, 0.5) is 4.39 Å². The van der Waals surface area contributed by atoms with Crippen molar-refractivity contribution in [2.45, 2.75) is 64.3 Å². The van der Waals surface area contributed by atoms with Crippen LogP contribution < -0.4 is 11.3 Å². The number of rotatable bonds is 10. The van der Waals surface area contributed by atoms with Gasteiger partial charge in [0.05, 0.1) is 0 Å². The zero-order valence-corrected chi connectivity index (χ0v) is 13.9. The lowest BCUT2D eigenvalue weighted by Crippen LogP contribution is -2.36. The van der Waals surface area contributed by atoms with Gasteiger partial charge in [-0.15, -0.1) is 0 Å². The van der Waals surface area contributed by atoms with Gasteiger partial charge in [-0.2, -0.15) is 0 Å². The quantitative estimate of drug-likeness (QED) is 0.366. The van der Waals surface area contributed by atoms with Crippen molar-refractivity contribution < 1.29 is 4.39 Å². The van der Waals surface area contributed by atoms with E-state index in [1.54, 1.807) is 0 Å². The van der Waals surface area contributed by atoms with Gasteiger partial charge >= 0.3 is 0 Å². The molecule has 1 atom stereocenters. The lowest BCUT2D eigenvalue weighted by Gasteiger charge is -2.16. The average molecular weight is 345 g/mol. The van der Waals surface area contributed by atoms with Crippen LogP contribution in [-0.4, -0.2) is 6.04 Å². The molecule has 0 aromatic heterocycles. The molecule has 0 saturated carbocycles. The highest BCUT2D eigenvalue weighted by atomic mass is 79.9. The van der Waals surface area contributed by atoms with Crippen LogP contribution in [0, 0.1) is 5.82 Å². The van der Waals surface area contributed by atoms with Crippen molar-refractivity contribution in [3.63, 3.8) is 0 Å². The summed E-state index contributed by atoms with van der Waals surface area (Å²) in [7, 11) is 0. The molecule has 0 saturated heterocycles. The average Bonchev–Trinajstić information content (AvgIpc) is 2.43. The van der Waals surface area contributed by atoms with Crippen molar-refractivity contribution in [2.75, 3.05) is 0 Å². The molecule has 3 N–H and O–H groups in total. The first-order valence-electron chi connectivity index (χ1n) is 7.57. The normalized spacial score (nSPS) is 12.6. The third-order valence-electron chi connectivity index (χ3n) is 3.62. The highest BCUT2D eigenvalue weighted by Gasteiger charge is 2.10. The van der Waals surface area contributed by atoms with Crippen LogP contribution in [0.5, 0.6) is 0 Å². The van der Waals surface area contributed by atoms with Crippen LogP contribution >= 0.6 is 15.9 Å². The standard InChI is InChI=1S/C16H26BrFN2/c1-2-3-4-5-6-7-8-15(20-19)11-13-9-10-14(18)12-16(13)17/h9-10,12,15,20H,2-8,11,19H2,1H3. The first-order chi connectivity index (χ1) is 9.67. The molecule has 0 aliphatic heterocycles. The fourth-order valence-electron chi connectivity index (χ4n) is 2.37. The number of unbranched alkanes of at least 4 members (excludes halogenated alkanes) is 5. The summed E-state index contributed by atoms with van der Waals surface area (Å²) in [5, 5.41) is 0. The van der Waals surface area contributed by atoms with E-state index >= 15 is 0 Å². The number of hydrogen-bond donors (Lipinski definition) is 2. The Labute approximate surface area is 130 Å². The van der Waals surface area contributed by atoms with Gasteiger partial charge in [0.15, 0.2) is 0 Å². The third kappa shape index (κ3) is 6.82. The van der Waals surface area contributed by atoms with E-state index in [-0.39, 0.29) is 11.9 Å². The van der Waals surface area contributed by atoms with Crippen LogP contribution in [0.3, 0.4) is 0 Å². The first-order valence-corrected chi connectivity index (χ1v) is 8.36. The van der Waals surface area contributed by atoms with Gasteiger partial charge in [0.2, 0.25) is 0 Å². The van der Waals surface area contributed by atoms with Gasteiger partial charge in [-0.25, -0.2) is 4.39 Å². The number of hydrazine groups is 1. The summed E-state index contributed by atoms with van der Waals surface area (Å²) in [4.78, 5) is 0. The predicted molar refractivity (Wildman–Crippen MR) is 86.9 cm³/mol. The minimum atomic E-state index is -0.214. The summed E-state index contributed by atoms with van der Waals surface area (Å²) in [6, 6.07) is 5.08. The minimum absolute atomic E-state index is 0.214. The summed E-state index contributed by atoms with van der Waals surface area (Å²) in [6.07, 6.45) is 9.61. The van der Waals surface area contributed by atoms with E-state index in [0.29, 0.717) is 0 Å². The maximum absolute atomic E-state index is 13.0. The molecule has 1 aromatic carbocycles. The van der Waals surface area contributed by atoms with Gasteiger partial charge in [0.25, 0.3) is 0 Å². The van der Waals surface area contributed by atoms with E-state index in [1.165, 1.54) is 50.7 Å². The van der Waals surface area contributed by atoms with E-state index in [4.69, 9.17) is 5.84 Å². The first kappa shape index (κ1) is 17.6. The Morgan fingerprint density at radius 1 is 1.20 bits per heavy atom. The van der Waals surface area contributed by atoms with Crippen LogP contribution in [0.1, 0.15) is 57.4 Å². The molecular formula is C16H26BrFN2. The molecule has 1 unspecified atom stereocenters. The molecule has 0 fully saturated rings. The van der Waals surface area contributed by atoms with Crippen LogP contribution in [-0.2, 0) is 6.42 Å². The highest BCUT2D eigenvalue weighted by Crippen LogP contribution is 2.20. The number of hydrogen-bond acceptors (Lipinski definition) is 2. The van der Waals surface area contributed by atoms with Crippen LogP contribution in [0.25, 0.3) is 0 Å². The molecule has 0 radical (unpaired) electrons. The molecule has 0 bridgehead atoms. The fourth-order valence-corrected chi connectivity index (χ4v) is 2.88. The Balaban J connectivity index is 2.31. The van der Waals surface area contributed by atoms with Gasteiger partial charge < -0.3 is 0 Å². The van der Waals surface area contributed by atoms with Crippen molar-refractivity contribution in [2.24, 2.45) is 5.84 Å². The van der Waals surface area contributed by atoms with Crippen molar-refractivity contribution in [3.05, 3.63) is 34.1 Å². The molecule has 0 aliphatic carbocycles. The van der Waals surface area contributed by atoms with E-state index in [0.717, 1.165) is 22.9 Å². The Kier molecular flexibility index (Phi) is 9.07. The summed E-state index contributed by atoms with van der Waals surface area (Å²) >= 11 is 3.41. The molecule has 0 spiro atoms. The zero-order valence-electron chi connectivity index (χ0n) is 12.3.